The smallest absolute Gasteiger partial charge is 0.304 e. The fourth-order valence-corrected chi connectivity index (χ4v) is 2.72. The molecule has 3 nitrogen and oxygen atoms in total. The van der Waals surface area contributed by atoms with Crippen LogP contribution in [0.4, 0.5) is 0 Å². The van der Waals surface area contributed by atoms with Crippen LogP contribution in [0.25, 0.3) is 0 Å². The maximum absolute atomic E-state index is 10.8. The zero-order chi connectivity index (χ0) is 12.0. The first-order valence-electron chi connectivity index (χ1n) is 6.55. The molecule has 0 aromatic rings. The average molecular weight is 227 g/mol. The van der Waals surface area contributed by atoms with E-state index in [0.717, 1.165) is 12.3 Å². The first kappa shape index (κ1) is 13.5. The molecule has 94 valence electrons. The molecule has 0 aromatic carbocycles. The molecule has 2 N–H and O–H groups in total. The summed E-state index contributed by atoms with van der Waals surface area (Å²) in [5.74, 6) is 0.0540. The van der Waals surface area contributed by atoms with Crippen LogP contribution in [0.1, 0.15) is 58.8 Å². The minimum absolute atomic E-state index is 0.153. The number of hydrogen-bond donors (Lipinski definition) is 2. The summed E-state index contributed by atoms with van der Waals surface area (Å²) in [6, 6.07) is 0.522. The summed E-state index contributed by atoms with van der Waals surface area (Å²) in [7, 11) is 0. The van der Waals surface area contributed by atoms with Crippen molar-refractivity contribution in [3.8, 4) is 0 Å². The largest absolute Gasteiger partial charge is 0.481 e. The predicted molar refractivity (Wildman–Crippen MR) is 65.5 cm³/mol. The molecule has 1 aliphatic rings. The van der Waals surface area contributed by atoms with Crippen molar-refractivity contribution in [2.45, 2.75) is 70.9 Å². The Hall–Kier alpha value is -0.570. The van der Waals surface area contributed by atoms with Gasteiger partial charge in [0.1, 0.15) is 0 Å². The molecule has 1 rings (SSSR count). The fourth-order valence-electron chi connectivity index (χ4n) is 2.72. The van der Waals surface area contributed by atoms with Crippen molar-refractivity contribution in [1.29, 1.82) is 0 Å². The van der Waals surface area contributed by atoms with Gasteiger partial charge in [0.15, 0.2) is 0 Å². The lowest BCUT2D eigenvalue weighted by Gasteiger charge is -2.27. The van der Waals surface area contributed by atoms with E-state index in [1.54, 1.807) is 0 Å². The number of carboxylic acid groups (broad SMARTS) is 1. The van der Waals surface area contributed by atoms with Crippen molar-refractivity contribution in [2.24, 2.45) is 5.92 Å². The van der Waals surface area contributed by atoms with E-state index < -0.39 is 5.97 Å². The van der Waals surface area contributed by atoms with Gasteiger partial charge >= 0.3 is 5.97 Å². The summed E-state index contributed by atoms with van der Waals surface area (Å²) < 4.78 is 0. The van der Waals surface area contributed by atoms with Crippen molar-refractivity contribution in [3.63, 3.8) is 0 Å². The Morgan fingerprint density at radius 3 is 2.44 bits per heavy atom. The highest BCUT2D eigenvalue weighted by Crippen LogP contribution is 2.28. The lowest BCUT2D eigenvalue weighted by atomic mass is 9.84. The number of carboxylic acids is 1. The highest BCUT2D eigenvalue weighted by atomic mass is 16.4. The van der Waals surface area contributed by atoms with Crippen LogP contribution in [-0.4, -0.2) is 23.2 Å². The molecule has 0 saturated heterocycles. The summed E-state index contributed by atoms with van der Waals surface area (Å²) >= 11 is 0. The molecular weight excluding hydrogens is 202 g/mol. The van der Waals surface area contributed by atoms with Gasteiger partial charge in [0.25, 0.3) is 0 Å². The molecular formula is C13H25NO2. The molecule has 0 heterocycles. The van der Waals surface area contributed by atoms with E-state index >= 15 is 0 Å². The van der Waals surface area contributed by atoms with E-state index in [2.05, 4.69) is 19.2 Å². The molecule has 0 radical (unpaired) electrons. The zero-order valence-electron chi connectivity index (χ0n) is 10.5. The van der Waals surface area contributed by atoms with Crippen LogP contribution in [0.3, 0.4) is 0 Å². The summed E-state index contributed by atoms with van der Waals surface area (Å²) in [6.45, 7) is 4.16. The Bertz CT molecular complexity index is 210. The summed E-state index contributed by atoms with van der Waals surface area (Å²) in [5.41, 5.74) is 0. The van der Waals surface area contributed by atoms with E-state index in [0.29, 0.717) is 6.04 Å². The summed E-state index contributed by atoms with van der Waals surface area (Å²) in [5, 5.41) is 12.3. The van der Waals surface area contributed by atoms with E-state index in [1.165, 1.54) is 32.1 Å². The molecule has 1 unspecified atom stereocenters. The van der Waals surface area contributed by atoms with Crippen LogP contribution >= 0.6 is 0 Å². The molecule has 0 spiro atoms. The quantitative estimate of drug-likeness (QED) is 0.733. The van der Waals surface area contributed by atoms with Crippen LogP contribution in [0.15, 0.2) is 0 Å². The van der Waals surface area contributed by atoms with Gasteiger partial charge in [-0.3, -0.25) is 4.79 Å². The lowest BCUT2D eigenvalue weighted by molar-refractivity contribution is -0.137. The second-order valence-electron chi connectivity index (χ2n) is 5.36. The van der Waals surface area contributed by atoms with Crippen molar-refractivity contribution in [1.82, 2.24) is 5.32 Å². The van der Waals surface area contributed by atoms with E-state index in [4.69, 9.17) is 5.11 Å². The molecule has 0 amide bonds. The summed E-state index contributed by atoms with van der Waals surface area (Å²) in [6.07, 6.45) is 7.88. The average Bonchev–Trinajstić information content (AvgIpc) is 2.16. The minimum atomic E-state index is -0.686. The van der Waals surface area contributed by atoms with Crippen molar-refractivity contribution < 1.29 is 9.90 Å². The normalized spacial score (nSPS) is 19.9. The Morgan fingerprint density at radius 2 is 1.94 bits per heavy atom. The fraction of sp³-hybridized carbons (Fsp3) is 0.923. The van der Waals surface area contributed by atoms with Crippen LogP contribution in [0.2, 0.25) is 0 Å². The monoisotopic (exact) mass is 227 g/mol. The molecule has 0 aliphatic heterocycles. The van der Waals surface area contributed by atoms with Crippen molar-refractivity contribution in [3.05, 3.63) is 0 Å². The van der Waals surface area contributed by atoms with E-state index in [9.17, 15) is 4.79 Å². The van der Waals surface area contributed by atoms with Gasteiger partial charge in [0.05, 0.1) is 6.42 Å². The Morgan fingerprint density at radius 1 is 1.31 bits per heavy atom. The molecule has 1 fully saturated rings. The van der Waals surface area contributed by atoms with Crippen LogP contribution < -0.4 is 5.32 Å². The topological polar surface area (TPSA) is 49.3 Å². The van der Waals surface area contributed by atoms with Gasteiger partial charge in [0.2, 0.25) is 0 Å². The van der Waals surface area contributed by atoms with E-state index in [-0.39, 0.29) is 12.5 Å². The number of nitrogens with one attached hydrogen (secondary N) is 1. The Kier molecular flexibility index (Phi) is 5.81. The van der Waals surface area contributed by atoms with Gasteiger partial charge in [-0.25, -0.2) is 0 Å². The van der Waals surface area contributed by atoms with Gasteiger partial charge in [-0.1, -0.05) is 46.0 Å². The van der Waals surface area contributed by atoms with Crippen molar-refractivity contribution >= 4 is 5.97 Å². The van der Waals surface area contributed by atoms with Crippen LogP contribution in [0.5, 0.6) is 0 Å². The van der Waals surface area contributed by atoms with Gasteiger partial charge in [-0.15, -0.1) is 0 Å². The maximum atomic E-state index is 10.8. The van der Waals surface area contributed by atoms with Crippen LogP contribution in [-0.2, 0) is 4.79 Å². The maximum Gasteiger partial charge on any atom is 0.304 e. The lowest BCUT2D eigenvalue weighted by Crippen LogP contribution is -2.38. The van der Waals surface area contributed by atoms with Gasteiger partial charge in [-0.05, 0) is 12.3 Å². The van der Waals surface area contributed by atoms with Gasteiger partial charge in [0, 0.05) is 12.1 Å². The second-order valence-corrected chi connectivity index (χ2v) is 5.36. The van der Waals surface area contributed by atoms with Crippen LogP contribution in [0, 0.1) is 5.92 Å². The number of carbonyl (C=O) groups is 1. The minimum Gasteiger partial charge on any atom is -0.481 e. The van der Waals surface area contributed by atoms with Gasteiger partial charge < -0.3 is 10.4 Å². The molecule has 0 bridgehead atoms. The Labute approximate surface area is 98.6 Å². The first-order valence-corrected chi connectivity index (χ1v) is 6.55. The molecule has 3 heteroatoms. The number of hydrogen-bond acceptors (Lipinski definition) is 2. The third kappa shape index (κ3) is 5.50. The van der Waals surface area contributed by atoms with Crippen molar-refractivity contribution in [2.75, 3.05) is 0 Å². The third-order valence-electron chi connectivity index (χ3n) is 3.33. The third-order valence-corrected chi connectivity index (χ3v) is 3.33. The summed E-state index contributed by atoms with van der Waals surface area (Å²) in [4.78, 5) is 10.8. The van der Waals surface area contributed by atoms with E-state index in [1.807, 2.05) is 0 Å². The standard InChI is InChI=1S/C13H25NO2/c1-10(2)14-12(9-13(15)16)8-11-6-4-3-5-7-11/h10-12,14H,3-9H2,1-2H3,(H,15,16). The number of rotatable bonds is 6. The molecule has 0 aromatic heterocycles. The zero-order valence-corrected chi connectivity index (χ0v) is 10.5. The SMILES string of the molecule is CC(C)NC(CC(=O)O)CC1CCCCC1. The highest BCUT2D eigenvalue weighted by Gasteiger charge is 2.21. The molecule has 1 saturated carbocycles. The highest BCUT2D eigenvalue weighted by molar-refractivity contribution is 5.67. The molecule has 1 atom stereocenters. The Balaban J connectivity index is 2.37. The first-order chi connectivity index (χ1) is 7.58. The van der Waals surface area contributed by atoms with Gasteiger partial charge in [-0.2, -0.15) is 0 Å². The second kappa shape index (κ2) is 6.89. The molecule has 16 heavy (non-hydrogen) atoms. The predicted octanol–water partition coefficient (Wildman–Crippen LogP) is 2.80. The number of aliphatic carboxylic acids is 1. The molecule has 1 aliphatic carbocycles.